The molecule has 3 rings (SSSR count). The Hall–Kier alpha value is -2.14. The lowest BCUT2D eigenvalue weighted by Gasteiger charge is -2.18. The van der Waals surface area contributed by atoms with Gasteiger partial charge in [0.1, 0.15) is 6.10 Å². The fourth-order valence-corrected chi connectivity index (χ4v) is 2.70. The van der Waals surface area contributed by atoms with Crippen LogP contribution >= 0.6 is 0 Å². The number of benzene rings is 1. The van der Waals surface area contributed by atoms with Gasteiger partial charge < -0.3 is 10.4 Å². The minimum absolute atomic E-state index is 0.00471. The summed E-state index contributed by atoms with van der Waals surface area (Å²) in [6.07, 6.45) is 2.62. The van der Waals surface area contributed by atoms with Crippen LogP contribution in [0, 0.1) is 0 Å². The van der Waals surface area contributed by atoms with Gasteiger partial charge in [-0.15, -0.1) is 0 Å². The summed E-state index contributed by atoms with van der Waals surface area (Å²) in [6, 6.07) is 11.6. The molecule has 5 nitrogen and oxygen atoms in total. The van der Waals surface area contributed by atoms with Crippen molar-refractivity contribution in [2.45, 2.75) is 24.4 Å². The summed E-state index contributed by atoms with van der Waals surface area (Å²) < 4.78 is 1.61. The Labute approximate surface area is 123 Å². The zero-order valence-electron chi connectivity index (χ0n) is 12.0. The van der Waals surface area contributed by atoms with Gasteiger partial charge >= 0.3 is 0 Å². The van der Waals surface area contributed by atoms with Crippen LogP contribution in [0.3, 0.4) is 0 Å². The van der Waals surface area contributed by atoms with Crippen LogP contribution in [0.4, 0.5) is 0 Å². The Morgan fingerprint density at radius 1 is 1.38 bits per heavy atom. The van der Waals surface area contributed by atoms with Crippen LogP contribution in [-0.4, -0.2) is 27.3 Å². The number of aliphatic hydroxyl groups is 1. The second-order valence-corrected chi connectivity index (χ2v) is 5.55. The quantitative estimate of drug-likeness (QED) is 0.870. The highest BCUT2D eigenvalue weighted by molar-refractivity contribution is 5.91. The third kappa shape index (κ3) is 2.56. The maximum atomic E-state index is 12.4. The molecular formula is C16H19N3O2. The number of aromatic nitrogens is 2. The van der Waals surface area contributed by atoms with E-state index in [4.69, 9.17) is 0 Å². The predicted molar refractivity (Wildman–Crippen MR) is 78.5 cm³/mol. The maximum Gasteiger partial charge on any atom is 0.230 e. The first-order valence-corrected chi connectivity index (χ1v) is 7.13. The fraction of sp³-hybridized carbons (Fsp3) is 0.375. The number of hydrogen-bond donors (Lipinski definition) is 2. The van der Waals surface area contributed by atoms with E-state index in [1.807, 2.05) is 30.3 Å². The molecule has 0 spiro atoms. The van der Waals surface area contributed by atoms with Gasteiger partial charge in [0.2, 0.25) is 5.91 Å². The molecule has 0 bridgehead atoms. The molecule has 1 unspecified atom stereocenters. The number of aliphatic hydroxyl groups excluding tert-OH is 1. The highest BCUT2D eigenvalue weighted by Crippen LogP contribution is 2.48. The average molecular weight is 285 g/mol. The first kappa shape index (κ1) is 13.8. The van der Waals surface area contributed by atoms with Crippen LogP contribution in [0.1, 0.15) is 30.2 Å². The van der Waals surface area contributed by atoms with Gasteiger partial charge in [-0.3, -0.25) is 9.48 Å². The Morgan fingerprint density at radius 2 is 2.10 bits per heavy atom. The molecular weight excluding hydrogens is 266 g/mol. The first-order chi connectivity index (χ1) is 10.1. The van der Waals surface area contributed by atoms with Gasteiger partial charge in [-0.1, -0.05) is 30.3 Å². The molecule has 1 atom stereocenters. The Balaban J connectivity index is 1.64. The van der Waals surface area contributed by atoms with Crippen LogP contribution in [0.2, 0.25) is 0 Å². The second-order valence-electron chi connectivity index (χ2n) is 5.55. The van der Waals surface area contributed by atoms with E-state index in [9.17, 15) is 9.90 Å². The van der Waals surface area contributed by atoms with E-state index in [2.05, 4.69) is 10.4 Å². The van der Waals surface area contributed by atoms with Gasteiger partial charge in [0, 0.05) is 19.8 Å². The van der Waals surface area contributed by atoms with Crippen LogP contribution < -0.4 is 5.32 Å². The van der Waals surface area contributed by atoms with Gasteiger partial charge in [-0.25, -0.2) is 0 Å². The molecule has 0 radical (unpaired) electrons. The zero-order chi connectivity index (χ0) is 14.9. The van der Waals surface area contributed by atoms with Gasteiger partial charge in [-0.2, -0.15) is 5.10 Å². The van der Waals surface area contributed by atoms with E-state index in [0.29, 0.717) is 5.69 Å². The van der Waals surface area contributed by atoms with E-state index in [-0.39, 0.29) is 12.5 Å². The molecule has 1 fully saturated rings. The summed E-state index contributed by atoms with van der Waals surface area (Å²) in [6.45, 7) is 0.201. The van der Waals surface area contributed by atoms with Crippen LogP contribution in [0.5, 0.6) is 0 Å². The molecule has 1 heterocycles. The third-order valence-electron chi connectivity index (χ3n) is 4.17. The lowest BCUT2D eigenvalue weighted by molar-refractivity contribution is -0.124. The topological polar surface area (TPSA) is 67.2 Å². The standard InChI is InChI=1S/C16H19N3O2/c1-19-13(7-10-18-19)14(20)11-17-15(21)16(8-9-16)12-5-3-2-4-6-12/h2-7,10,14,20H,8-9,11H2,1H3,(H,17,21). The summed E-state index contributed by atoms with van der Waals surface area (Å²) in [5.74, 6) is -0.00471. The average Bonchev–Trinajstić information content (AvgIpc) is 3.22. The highest BCUT2D eigenvalue weighted by atomic mass is 16.3. The first-order valence-electron chi connectivity index (χ1n) is 7.13. The summed E-state index contributed by atoms with van der Waals surface area (Å²) in [5, 5.41) is 17.0. The van der Waals surface area contributed by atoms with Crippen molar-refractivity contribution in [2.24, 2.45) is 7.05 Å². The molecule has 0 saturated heterocycles. The van der Waals surface area contributed by atoms with E-state index in [0.717, 1.165) is 18.4 Å². The highest BCUT2D eigenvalue weighted by Gasteiger charge is 2.51. The normalized spacial score (nSPS) is 17.2. The van der Waals surface area contributed by atoms with E-state index < -0.39 is 11.5 Å². The van der Waals surface area contributed by atoms with Gasteiger partial charge in [0.05, 0.1) is 11.1 Å². The predicted octanol–water partition coefficient (Wildman–Crippen LogP) is 1.30. The number of carbonyl (C=O) groups excluding carboxylic acids is 1. The van der Waals surface area contributed by atoms with Crippen molar-refractivity contribution >= 4 is 5.91 Å². The van der Waals surface area contributed by atoms with Gasteiger partial charge in [0.15, 0.2) is 0 Å². The van der Waals surface area contributed by atoms with Crippen molar-refractivity contribution < 1.29 is 9.90 Å². The summed E-state index contributed by atoms with van der Waals surface area (Å²) >= 11 is 0. The molecule has 1 saturated carbocycles. The number of nitrogens with one attached hydrogen (secondary N) is 1. The molecule has 2 N–H and O–H groups in total. The van der Waals surface area contributed by atoms with Crippen molar-refractivity contribution in [2.75, 3.05) is 6.54 Å². The Morgan fingerprint density at radius 3 is 2.67 bits per heavy atom. The van der Waals surface area contributed by atoms with Crippen molar-refractivity contribution in [3.8, 4) is 0 Å². The largest absolute Gasteiger partial charge is 0.385 e. The molecule has 2 aromatic rings. The van der Waals surface area contributed by atoms with Crippen LogP contribution in [0.25, 0.3) is 0 Å². The number of amides is 1. The van der Waals surface area contributed by atoms with Crippen molar-refractivity contribution in [3.63, 3.8) is 0 Å². The molecule has 1 aliphatic carbocycles. The van der Waals surface area contributed by atoms with Crippen LogP contribution in [0.15, 0.2) is 42.6 Å². The molecule has 1 amide bonds. The van der Waals surface area contributed by atoms with E-state index in [1.54, 1.807) is 24.0 Å². The molecule has 1 aliphatic rings. The number of aryl methyl sites for hydroxylation is 1. The summed E-state index contributed by atoms with van der Waals surface area (Å²) in [4.78, 5) is 12.4. The lowest BCUT2D eigenvalue weighted by atomic mass is 9.95. The lowest BCUT2D eigenvalue weighted by Crippen LogP contribution is -2.37. The van der Waals surface area contributed by atoms with Crippen molar-refractivity contribution in [1.82, 2.24) is 15.1 Å². The molecule has 0 aliphatic heterocycles. The van der Waals surface area contributed by atoms with Crippen molar-refractivity contribution in [1.29, 1.82) is 0 Å². The maximum absolute atomic E-state index is 12.4. The van der Waals surface area contributed by atoms with Crippen LogP contribution in [-0.2, 0) is 17.3 Å². The summed E-state index contributed by atoms with van der Waals surface area (Å²) in [5.41, 5.74) is 1.35. The Bertz CT molecular complexity index is 632. The fourth-order valence-electron chi connectivity index (χ4n) is 2.70. The molecule has 1 aromatic carbocycles. The third-order valence-corrected chi connectivity index (χ3v) is 4.17. The van der Waals surface area contributed by atoms with Gasteiger partial charge in [-0.05, 0) is 24.5 Å². The summed E-state index contributed by atoms with van der Waals surface area (Å²) in [7, 11) is 1.77. The number of carbonyl (C=O) groups is 1. The monoisotopic (exact) mass is 285 g/mol. The van der Waals surface area contributed by atoms with Gasteiger partial charge in [0.25, 0.3) is 0 Å². The minimum Gasteiger partial charge on any atom is -0.385 e. The smallest absolute Gasteiger partial charge is 0.230 e. The number of hydrogen-bond acceptors (Lipinski definition) is 3. The van der Waals surface area contributed by atoms with E-state index >= 15 is 0 Å². The zero-order valence-corrected chi connectivity index (χ0v) is 12.0. The minimum atomic E-state index is -0.743. The number of nitrogens with zero attached hydrogens (tertiary/aromatic N) is 2. The Kier molecular flexibility index (Phi) is 3.51. The molecule has 5 heteroatoms. The SMILES string of the molecule is Cn1nccc1C(O)CNC(=O)C1(c2ccccc2)CC1. The molecule has 1 aromatic heterocycles. The molecule has 110 valence electrons. The molecule has 21 heavy (non-hydrogen) atoms. The van der Waals surface area contributed by atoms with Crippen molar-refractivity contribution in [3.05, 3.63) is 53.9 Å². The van der Waals surface area contributed by atoms with E-state index in [1.165, 1.54) is 0 Å². The number of rotatable bonds is 5. The second kappa shape index (κ2) is 5.33.